The Balaban J connectivity index is 2.47. The van der Waals surface area contributed by atoms with E-state index in [4.69, 9.17) is 4.74 Å². The zero-order valence-corrected chi connectivity index (χ0v) is 13.3. The summed E-state index contributed by atoms with van der Waals surface area (Å²) in [6.45, 7) is 12.3. The smallest absolute Gasteiger partial charge is 0.244 e. The third-order valence-corrected chi connectivity index (χ3v) is 5.53. The molecule has 0 aliphatic carbocycles. The maximum absolute atomic E-state index is 12.6. The lowest BCUT2D eigenvalue weighted by atomic mass is 10.1. The van der Waals surface area contributed by atoms with E-state index in [2.05, 4.69) is 6.58 Å². The van der Waals surface area contributed by atoms with E-state index in [0.29, 0.717) is 29.4 Å². The third kappa shape index (κ3) is 2.47. The number of ether oxygens (including phenoxy) is 1. The lowest BCUT2D eigenvalue weighted by Gasteiger charge is -2.29. The number of rotatable bonds is 3. The van der Waals surface area contributed by atoms with Crippen molar-refractivity contribution in [2.24, 2.45) is 0 Å². The van der Waals surface area contributed by atoms with Crippen LogP contribution in [0.1, 0.15) is 38.8 Å². The monoisotopic (exact) mass is 295 g/mol. The van der Waals surface area contributed by atoms with Gasteiger partial charge < -0.3 is 4.74 Å². The highest BCUT2D eigenvalue weighted by molar-refractivity contribution is 7.89. The Morgan fingerprint density at radius 2 is 2.05 bits per heavy atom. The molecule has 1 aliphatic rings. The number of fused-ring (bicyclic) bond motifs is 1. The summed E-state index contributed by atoms with van der Waals surface area (Å²) in [6, 6.07) is 5.37. The van der Waals surface area contributed by atoms with Crippen molar-refractivity contribution in [1.29, 1.82) is 0 Å². The maximum Gasteiger partial charge on any atom is 0.244 e. The van der Waals surface area contributed by atoms with E-state index < -0.39 is 15.6 Å². The Morgan fingerprint density at radius 1 is 1.40 bits per heavy atom. The second-order valence-corrected chi connectivity index (χ2v) is 7.69. The highest BCUT2D eigenvalue weighted by Gasteiger charge is 2.41. The lowest BCUT2D eigenvalue weighted by molar-refractivity contribution is 0.252. The molecule has 0 fully saturated rings. The van der Waals surface area contributed by atoms with Crippen LogP contribution >= 0.6 is 0 Å². The molecular weight excluding hydrogens is 274 g/mol. The van der Waals surface area contributed by atoms with E-state index in [9.17, 15) is 8.42 Å². The molecule has 0 saturated carbocycles. The fraction of sp³-hybridized carbons (Fsp3) is 0.467. The first-order valence-corrected chi connectivity index (χ1v) is 8.09. The van der Waals surface area contributed by atoms with Crippen LogP contribution in [0.15, 0.2) is 29.7 Å². The van der Waals surface area contributed by atoms with Gasteiger partial charge in [0.15, 0.2) is 0 Å². The molecule has 0 aromatic heterocycles. The first kappa shape index (κ1) is 15.1. The highest BCUT2D eigenvalue weighted by atomic mass is 32.2. The van der Waals surface area contributed by atoms with Crippen LogP contribution in [0.4, 0.5) is 0 Å². The van der Waals surface area contributed by atoms with Gasteiger partial charge in [-0.1, -0.05) is 18.7 Å². The summed E-state index contributed by atoms with van der Waals surface area (Å²) in [5.41, 5.74) is 1.10. The second-order valence-electron chi connectivity index (χ2n) is 5.86. The minimum absolute atomic E-state index is 0.366. The van der Waals surface area contributed by atoms with Crippen molar-refractivity contribution in [3.63, 3.8) is 0 Å². The molecule has 110 valence electrons. The van der Waals surface area contributed by atoms with Gasteiger partial charge in [0.25, 0.3) is 0 Å². The summed E-state index contributed by atoms with van der Waals surface area (Å²) in [6.07, 6.45) is 0. The molecule has 4 nitrogen and oxygen atoms in total. The van der Waals surface area contributed by atoms with Gasteiger partial charge in [-0.2, -0.15) is 4.31 Å². The number of hydrogen-bond acceptors (Lipinski definition) is 3. The number of hydrogen-bond donors (Lipinski definition) is 0. The molecule has 5 heteroatoms. The predicted octanol–water partition coefficient (Wildman–Crippen LogP) is 3.00. The zero-order chi connectivity index (χ0) is 15.1. The van der Waals surface area contributed by atoms with Crippen LogP contribution in [-0.4, -0.2) is 24.9 Å². The molecule has 2 rings (SSSR count). The fourth-order valence-electron chi connectivity index (χ4n) is 2.31. The van der Waals surface area contributed by atoms with Gasteiger partial charge in [0.05, 0.1) is 11.5 Å². The topological polar surface area (TPSA) is 46.6 Å². The van der Waals surface area contributed by atoms with Crippen LogP contribution in [-0.2, 0) is 21.3 Å². The molecule has 1 aliphatic heterocycles. The van der Waals surface area contributed by atoms with Crippen LogP contribution in [0.25, 0.3) is 5.76 Å². The van der Waals surface area contributed by atoms with Gasteiger partial charge in [-0.05, 0) is 39.3 Å². The summed E-state index contributed by atoms with van der Waals surface area (Å²) in [5.74, 6) is 0.500. The van der Waals surface area contributed by atoms with E-state index >= 15 is 0 Å². The molecule has 20 heavy (non-hydrogen) atoms. The van der Waals surface area contributed by atoms with Crippen LogP contribution in [0, 0.1) is 0 Å². The third-order valence-electron chi connectivity index (χ3n) is 3.34. The highest BCUT2D eigenvalue weighted by Crippen LogP contribution is 2.36. The standard InChI is InChI=1S/C15H21NO3S/c1-6-19-11(2)12-7-8-13-10-16(15(3,4)5)20(17,18)14(13)9-12/h7-9H,2,6,10H2,1,3-5H3. The van der Waals surface area contributed by atoms with E-state index in [-0.39, 0.29) is 0 Å². The van der Waals surface area contributed by atoms with Gasteiger partial charge >= 0.3 is 0 Å². The average Bonchev–Trinajstić information content (AvgIpc) is 2.61. The van der Waals surface area contributed by atoms with E-state index in [1.807, 2.05) is 39.8 Å². The fourth-order valence-corrected chi connectivity index (χ4v) is 4.32. The summed E-state index contributed by atoms with van der Waals surface area (Å²) in [5, 5.41) is 0. The molecular formula is C15H21NO3S. The second kappa shape index (κ2) is 4.90. The summed E-state index contributed by atoms with van der Waals surface area (Å²) >= 11 is 0. The van der Waals surface area contributed by atoms with Crippen molar-refractivity contribution in [3.8, 4) is 0 Å². The first-order valence-electron chi connectivity index (χ1n) is 6.65. The van der Waals surface area contributed by atoms with Crippen molar-refractivity contribution in [3.05, 3.63) is 35.9 Å². The Kier molecular flexibility index (Phi) is 3.69. The summed E-state index contributed by atoms with van der Waals surface area (Å²) in [4.78, 5) is 0.366. The molecule has 0 bridgehead atoms. The van der Waals surface area contributed by atoms with Gasteiger partial charge in [0.2, 0.25) is 10.0 Å². The van der Waals surface area contributed by atoms with Crippen molar-refractivity contribution in [2.75, 3.05) is 6.61 Å². The van der Waals surface area contributed by atoms with Gasteiger partial charge in [-0.3, -0.25) is 0 Å². The predicted molar refractivity (Wildman–Crippen MR) is 79.6 cm³/mol. The molecule has 1 heterocycles. The van der Waals surface area contributed by atoms with Gasteiger partial charge in [0, 0.05) is 17.6 Å². The molecule has 0 unspecified atom stereocenters. The van der Waals surface area contributed by atoms with Crippen molar-refractivity contribution in [2.45, 2.75) is 44.7 Å². The average molecular weight is 295 g/mol. The lowest BCUT2D eigenvalue weighted by Crippen LogP contribution is -2.41. The van der Waals surface area contributed by atoms with Gasteiger partial charge in [0.1, 0.15) is 5.76 Å². The molecule has 0 saturated heterocycles. The first-order chi connectivity index (χ1) is 9.17. The van der Waals surface area contributed by atoms with Crippen LogP contribution in [0.2, 0.25) is 0 Å². The van der Waals surface area contributed by atoms with E-state index in [1.54, 1.807) is 6.07 Å². The van der Waals surface area contributed by atoms with Crippen molar-refractivity contribution < 1.29 is 13.2 Å². The SMILES string of the molecule is C=C(OCC)c1ccc2c(c1)S(=O)(=O)N(C(C)(C)C)C2. The minimum Gasteiger partial charge on any atom is -0.494 e. The molecule has 0 spiro atoms. The number of sulfonamides is 1. The molecule has 1 aromatic rings. The van der Waals surface area contributed by atoms with E-state index in [0.717, 1.165) is 5.56 Å². The number of benzene rings is 1. The minimum atomic E-state index is -3.44. The summed E-state index contributed by atoms with van der Waals surface area (Å²) in [7, 11) is -3.44. The Morgan fingerprint density at radius 3 is 2.60 bits per heavy atom. The summed E-state index contributed by atoms with van der Waals surface area (Å²) < 4.78 is 32.1. The normalized spacial score (nSPS) is 17.8. The Bertz CT molecular complexity index is 642. The molecule has 1 aromatic carbocycles. The Labute approximate surface area is 121 Å². The number of nitrogens with zero attached hydrogens (tertiary/aromatic N) is 1. The van der Waals surface area contributed by atoms with Crippen LogP contribution in [0.3, 0.4) is 0 Å². The van der Waals surface area contributed by atoms with Crippen molar-refractivity contribution >= 4 is 15.8 Å². The van der Waals surface area contributed by atoms with Gasteiger partial charge in [-0.25, -0.2) is 8.42 Å². The van der Waals surface area contributed by atoms with E-state index in [1.165, 1.54) is 4.31 Å². The van der Waals surface area contributed by atoms with Crippen LogP contribution < -0.4 is 0 Å². The largest absolute Gasteiger partial charge is 0.494 e. The van der Waals surface area contributed by atoms with Crippen LogP contribution in [0.5, 0.6) is 0 Å². The maximum atomic E-state index is 12.6. The molecule has 0 N–H and O–H groups in total. The van der Waals surface area contributed by atoms with Gasteiger partial charge in [-0.15, -0.1) is 0 Å². The van der Waals surface area contributed by atoms with Crippen molar-refractivity contribution in [1.82, 2.24) is 4.31 Å². The zero-order valence-electron chi connectivity index (χ0n) is 12.4. The molecule has 0 amide bonds. The molecule has 0 radical (unpaired) electrons. The quantitative estimate of drug-likeness (QED) is 0.805. The Hall–Kier alpha value is -1.33. The molecule has 0 atom stereocenters.